The van der Waals surface area contributed by atoms with Gasteiger partial charge in [-0.15, -0.1) is 0 Å². The van der Waals surface area contributed by atoms with E-state index in [1.54, 1.807) is 12.3 Å². The van der Waals surface area contributed by atoms with Crippen molar-refractivity contribution < 1.29 is 19.6 Å². The van der Waals surface area contributed by atoms with Crippen molar-refractivity contribution in [3.05, 3.63) is 40.1 Å². The Bertz CT molecular complexity index is 722. The van der Waals surface area contributed by atoms with E-state index in [4.69, 9.17) is 5.11 Å². The Morgan fingerprint density at radius 1 is 1.48 bits per heavy atom. The topological polar surface area (TPSA) is 125 Å². The maximum atomic E-state index is 11.1. The highest BCUT2D eigenvalue weighted by molar-refractivity contribution is 5.87. The first kappa shape index (κ1) is 14.5. The molecule has 0 radical (unpaired) electrons. The lowest BCUT2D eigenvalue weighted by molar-refractivity contribution is -0.384. The standard InChI is InChI=1S/C13H13N3O5/c1-7(17)15-12(13(18)19)4-8-6-14-11-5-9(16(20)21)2-3-10(8)11/h2-3,5-6,12,14H,4H2,1H3,(H,15,17)(H,18,19). The van der Waals surface area contributed by atoms with Crippen LogP contribution in [0.25, 0.3) is 10.9 Å². The van der Waals surface area contributed by atoms with Gasteiger partial charge in [0, 0.05) is 37.1 Å². The fraction of sp³-hybridized carbons (Fsp3) is 0.231. The van der Waals surface area contributed by atoms with Gasteiger partial charge in [0.1, 0.15) is 6.04 Å². The lowest BCUT2D eigenvalue weighted by Crippen LogP contribution is -2.41. The van der Waals surface area contributed by atoms with Crippen LogP contribution in [0.3, 0.4) is 0 Å². The van der Waals surface area contributed by atoms with E-state index >= 15 is 0 Å². The summed E-state index contributed by atoms with van der Waals surface area (Å²) >= 11 is 0. The minimum atomic E-state index is -1.14. The summed E-state index contributed by atoms with van der Waals surface area (Å²) in [6, 6.07) is 3.25. The molecule has 0 bridgehead atoms. The highest BCUT2D eigenvalue weighted by Gasteiger charge is 2.21. The summed E-state index contributed by atoms with van der Waals surface area (Å²) in [5.41, 5.74) is 1.17. The minimum absolute atomic E-state index is 0.0486. The van der Waals surface area contributed by atoms with Crippen LogP contribution in [0.5, 0.6) is 0 Å². The number of carboxylic acid groups (broad SMARTS) is 1. The van der Waals surface area contributed by atoms with Crippen LogP contribution in [0.2, 0.25) is 0 Å². The van der Waals surface area contributed by atoms with E-state index < -0.39 is 22.8 Å². The van der Waals surface area contributed by atoms with Crippen LogP contribution in [0, 0.1) is 10.1 Å². The van der Waals surface area contributed by atoms with Crippen LogP contribution in [0.1, 0.15) is 12.5 Å². The number of hydrogen-bond acceptors (Lipinski definition) is 4. The quantitative estimate of drug-likeness (QED) is 0.564. The molecule has 0 spiro atoms. The maximum absolute atomic E-state index is 11.1. The van der Waals surface area contributed by atoms with Gasteiger partial charge >= 0.3 is 5.97 Å². The molecule has 0 saturated heterocycles. The van der Waals surface area contributed by atoms with E-state index in [-0.39, 0.29) is 12.1 Å². The zero-order valence-corrected chi connectivity index (χ0v) is 11.1. The third-order valence-electron chi connectivity index (χ3n) is 3.06. The fourth-order valence-corrected chi connectivity index (χ4v) is 2.12. The zero-order chi connectivity index (χ0) is 15.6. The van der Waals surface area contributed by atoms with Gasteiger partial charge < -0.3 is 15.4 Å². The molecule has 8 heteroatoms. The molecule has 1 heterocycles. The summed E-state index contributed by atoms with van der Waals surface area (Å²) in [6.07, 6.45) is 1.68. The van der Waals surface area contributed by atoms with Gasteiger partial charge in [0.25, 0.3) is 5.69 Å². The predicted molar refractivity (Wildman–Crippen MR) is 73.9 cm³/mol. The summed E-state index contributed by atoms with van der Waals surface area (Å²) in [4.78, 5) is 35.2. The Hall–Kier alpha value is -2.90. The van der Waals surface area contributed by atoms with E-state index in [1.807, 2.05) is 0 Å². The van der Waals surface area contributed by atoms with Gasteiger partial charge in [-0.05, 0) is 11.6 Å². The predicted octanol–water partition coefficient (Wildman–Crippen LogP) is 1.21. The number of rotatable bonds is 5. The van der Waals surface area contributed by atoms with Crippen molar-refractivity contribution in [1.82, 2.24) is 10.3 Å². The van der Waals surface area contributed by atoms with Crippen molar-refractivity contribution >= 4 is 28.5 Å². The number of nitro benzene ring substituents is 1. The number of non-ortho nitro benzene ring substituents is 1. The number of carbonyl (C=O) groups excluding carboxylic acids is 1. The zero-order valence-electron chi connectivity index (χ0n) is 11.1. The molecular formula is C13H13N3O5. The van der Waals surface area contributed by atoms with E-state index in [1.165, 1.54) is 19.1 Å². The largest absolute Gasteiger partial charge is 0.480 e. The van der Waals surface area contributed by atoms with E-state index in [0.717, 1.165) is 0 Å². The first-order valence-corrected chi connectivity index (χ1v) is 6.13. The summed E-state index contributed by atoms with van der Waals surface area (Å²) in [5.74, 6) is -1.57. The number of aromatic nitrogens is 1. The molecule has 1 atom stereocenters. The Morgan fingerprint density at radius 2 is 2.19 bits per heavy atom. The SMILES string of the molecule is CC(=O)NC(Cc1c[nH]c2cc([N+](=O)[O-])ccc12)C(=O)O. The normalized spacial score (nSPS) is 12.0. The molecule has 0 aliphatic heterocycles. The van der Waals surface area contributed by atoms with Crippen molar-refractivity contribution in [2.75, 3.05) is 0 Å². The van der Waals surface area contributed by atoms with Crippen molar-refractivity contribution in [2.24, 2.45) is 0 Å². The molecule has 1 aromatic heterocycles. The van der Waals surface area contributed by atoms with Crippen LogP contribution < -0.4 is 5.32 Å². The second kappa shape index (κ2) is 5.61. The molecule has 8 nitrogen and oxygen atoms in total. The molecule has 0 fully saturated rings. The number of nitrogens with zero attached hydrogens (tertiary/aromatic N) is 1. The number of aromatic amines is 1. The first-order valence-electron chi connectivity index (χ1n) is 6.13. The third kappa shape index (κ3) is 3.16. The summed E-state index contributed by atoms with van der Waals surface area (Å²) in [5, 5.41) is 22.8. The Labute approximate surface area is 118 Å². The molecule has 1 aromatic carbocycles. The Balaban J connectivity index is 2.32. The van der Waals surface area contributed by atoms with Gasteiger partial charge in [0.15, 0.2) is 0 Å². The van der Waals surface area contributed by atoms with E-state index in [2.05, 4.69) is 10.3 Å². The Kier molecular flexibility index (Phi) is 3.88. The molecule has 0 aliphatic rings. The monoisotopic (exact) mass is 291 g/mol. The molecule has 110 valence electrons. The van der Waals surface area contributed by atoms with Gasteiger partial charge in [-0.3, -0.25) is 14.9 Å². The lowest BCUT2D eigenvalue weighted by atomic mass is 10.0. The number of nitrogens with one attached hydrogen (secondary N) is 2. The maximum Gasteiger partial charge on any atom is 0.326 e. The van der Waals surface area contributed by atoms with Crippen LogP contribution in [0.15, 0.2) is 24.4 Å². The van der Waals surface area contributed by atoms with Crippen molar-refractivity contribution in [1.29, 1.82) is 0 Å². The average molecular weight is 291 g/mol. The average Bonchev–Trinajstić information content (AvgIpc) is 2.79. The van der Waals surface area contributed by atoms with Crippen LogP contribution in [-0.4, -0.2) is 32.9 Å². The number of aliphatic carboxylic acids is 1. The fourth-order valence-electron chi connectivity index (χ4n) is 2.12. The number of amides is 1. The van der Waals surface area contributed by atoms with E-state index in [9.17, 15) is 19.7 Å². The van der Waals surface area contributed by atoms with Gasteiger partial charge in [-0.1, -0.05) is 0 Å². The number of carboxylic acids is 1. The first-order chi connectivity index (χ1) is 9.88. The summed E-state index contributed by atoms with van der Waals surface area (Å²) < 4.78 is 0. The molecule has 1 amide bonds. The van der Waals surface area contributed by atoms with Crippen molar-refractivity contribution in [3.63, 3.8) is 0 Å². The molecule has 1 unspecified atom stereocenters. The van der Waals surface area contributed by atoms with Gasteiger partial charge in [0.2, 0.25) is 5.91 Å². The summed E-state index contributed by atoms with van der Waals surface area (Å²) in [7, 11) is 0. The van der Waals surface area contributed by atoms with Crippen molar-refractivity contribution in [3.8, 4) is 0 Å². The highest BCUT2D eigenvalue weighted by atomic mass is 16.6. The molecular weight excluding hydrogens is 278 g/mol. The second-order valence-electron chi connectivity index (χ2n) is 4.60. The van der Waals surface area contributed by atoms with Gasteiger partial charge in [-0.25, -0.2) is 4.79 Å². The highest BCUT2D eigenvalue weighted by Crippen LogP contribution is 2.24. The number of benzene rings is 1. The lowest BCUT2D eigenvalue weighted by Gasteiger charge is -2.12. The molecule has 0 saturated carbocycles. The Morgan fingerprint density at radius 3 is 2.76 bits per heavy atom. The molecule has 0 aliphatic carbocycles. The number of nitro groups is 1. The van der Waals surface area contributed by atoms with Crippen molar-refractivity contribution in [2.45, 2.75) is 19.4 Å². The van der Waals surface area contributed by atoms with Crippen LogP contribution in [0.4, 0.5) is 5.69 Å². The van der Waals surface area contributed by atoms with Crippen LogP contribution >= 0.6 is 0 Å². The van der Waals surface area contributed by atoms with Gasteiger partial charge in [0.05, 0.1) is 10.4 Å². The number of carbonyl (C=O) groups is 2. The summed E-state index contributed by atoms with van der Waals surface area (Å²) in [6.45, 7) is 1.24. The molecule has 3 N–H and O–H groups in total. The minimum Gasteiger partial charge on any atom is -0.480 e. The molecule has 2 aromatic rings. The van der Waals surface area contributed by atoms with Crippen LogP contribution in [-0.2, 0) is 16.0 Å². The number of H-pyrrole nitrogens is 1. The van der Waals surface area contributed by atoms with Gasteiger partial charge in [-0.2, -0.15) is 0 Å². The van der Waals surface area contributed by atoms with E-state index in [0.29, 0.717) is 16.5 Å². The number of fused-ring (bicyclic) bond motifs is 1. The molecule has 21 heavy (non-hydrogen) atoms. The number of hydrogen-bond donors (Lipinski definition) is 3. The molecule has 2 rings (SSSR count). The third-order valence-corrected chi connectivity index (χ3v) is 3.06. The second-order valence-corrected chi connectivity index (χ2v) is 4.60. The smallest absolute Gasteiger partial charge is 0.326 e.